The molecule has 0 spiro atoms. The van der Waals surface area contributed by atoms with E-state index in [1.54, 1.807) is 14.0 Å². The zero-order valence-corrected chi connectivity index (χ0v) is 19.5. The van der Waals surface area contributed by atoms with E-state index in [9.17, 15) is 18.0 Å². The molecule has 0 aromatic heterocycles. The summed E-state index contributed by atoms with van der Waals surface area (Å²) in [6, 6.07) is 7.43. The van der Waals surface area contributed by atoms with E-state index < -0.39 is 22.2 Å². The number of amides is 2. The Kier molecular flexibility index (Phi) is 8.32. The predicted octanol–water partition coefficient (Wildman–Crippen LogP) is 1.04. The van der Waals surface area contributed by atoms with Crippen LogP contribution in [0.4, 0.5) is 4.79 Å². The van der Waals surface area contributed by atoms with Crippen LogP contribution in [-0.2, 0) is 26.3 Å². The summed E-state index contributed by atoms with van der Waals surface area (Å²) >= 11 is 0. The third-order valence-electron chi connectivity index (χ3n) is 5.80. The van der Waals surface area contributed by atoms with Crippen LogP contribution < -0.4 is 10.1 Å². The van der Waals surface area contributed by atoms with Gasteiger partial charge in [0.25, 0.3) is 10.2 Å². The van der Waals surface area contributed by atoms with Crippen molar-refractivity contribution in [2.75, 3.05) is 53.0 Å². The molecule has 32 heavy (non-hydrogen) atoms. The predicted molar refractivity (Wildman–Crippen MR) is 118 cm³/mol. The molecular weight excluding hydrogens is 436 g/mol. The number of ether oxygens (including phenoxy) is 2. The lowest BCUT2D eigenvalue weighted by molar-refractivity contribution is -0.126. The van der Waals surface area contributed by atoms with Gasteiger partial charge in [0.15, 0.2) is 0 Å². The summed E-state index contributed by atoms with van der Waals surface area (Å²) in [4.78, 5) is 26.1. The highest BCUT2D eigenvalue weighted by molar-refractivity contribution is 7.86. The molecule has 2 heterocycles. The van der Waals surface area contributed by atoms with Gasteiger partial charge in [-0.3, -0.25) is 4.79 Å². The Morgan fingerprint density at radius 2 is 1.75 bits per heavy atom. The zero-order chi connectivity index (χ0) is 23.1. The molecule has 178 valence electrons. The first-order valence-electron chi connectivity index (χ1n) is 10.9. The minimum absolute atomic E-state index is 0.146. The molecule has 1 atom stereocenters. The Bertz CT molecular complexity index is 884. The van der Waals surface area contributed by atoms with E-state index >= 15 is 0 Å². The SMILES string of the molecule is CCOC(=O)N1CCN(S(=O)(=O)N2CCC[C@@H](C(=O)NCc3ccc(OC)cc3)C2)CC1. The fourth-order valence-electron chi connectivity index (χ4n) is 3.92. The normalized spacial score (nSPS) is 20.6. The fraction of sp³-hybridized carbons (Fsp3) is 0.619. The molecule has 0 unspecified atom stereocenters. The van der Waals surface area contributed by atoms with E-state index in [4.69, 9.17) is 9.47 Å². The lowest BCUT2D eigenvalue weighted by Crippen LogP contribution is -2.56. The number of hydrogen-bond acceptors (Lipinski definition) is 6. The lowest BCUT2D eigenvalue weighted by Gasteiger charge is -2.38. The van der Waals surface area contributed by atoms with E-state index in [0.717, 1.165) is 11.3 Å². The quantitative estimate of drug-likeness (QED) is 0.641. The van der Waals surface area contributed by atoms with Crippen LogP contribution >= 0.6 is 0 Å². The molecule has 2 aliphatic rings. The maximum Gasteiger partial charge on any atom is 0.409 e. The van der Waals surface area contributed by atoms with Gasteiger partial charge in [-0.05, 0) is 37.5 Å². The largest absolute Gasteiger partial charge is 0.497 e. The topological polar surface area (TPSA) is 108 Å². The van der Waals surface area contributed by atoms with Gasteiger partial charge in [0.1, 0.15) is 5.75 Å². The van der Waals surface area contributed by atoms with Crippen molar-refractivity contribution in [3.63, 3.8) is 0 Å². The Balaban J connectivity index is 1.52. The average Bonchev–Trinajstić information content (AvgIpc) is 2.83. The smallest absolute Gasteiger partial charge is 0.409 e. The first-order valence-corrected chi connectivity index (χ1v) is 12.3. The number of benzene rings is 1. The minimum Gasteiger partial charge on any atom is -0.497 e. The van der Waals surface area contributed by atoms with E-state index in [0.29, 0.717) is 25.9 Å². The average molecular weight is 469 g/mol. The minimum atomic E-state index is -3.69. The van der Waals surface area contributed by atoms with Gasteiger partial charge in [-0.1, -0.05) is 12.1 Å². The summed E-state index contributed by atoms with van der Waals surface area (Å²) in [6.07, 6.45) is 0.857. The molecular formula is C21H32N4O6S. The van der Waals surface area contributed by atoms with Crippen LogP contribution in [0.25, 0.3) is 0 Å². The van der Waals surface area contributed by atoms with E-state index in [-0.39, 0.29) is 45.2 Å². The van der Waals surface area contributed by atoms with Gasteiger partial charge >= 0.3 is 6.09 Å². The monoisotopic (exact) mass is 468 g/mol. The van der Waals surface area contributed by atoms with Crippen molar-refractivity contribution in [3.05, 3.63) is 29.8 Å². The molecule has 1 aromatic rings. The van der Waals surface area contributed by atoms with E-state index in [2.05, 4.69) is 5.32 Å². The number of carbonyl (C=O) groups is 2. The lowest BCUT2D eigenvalue weighted by atomic mass is 9.99. The summed E-state index contributed by atoms with van der Waals surface area (Å²) in [6.45, 7) is 3.96. The van der Waals surface area contributed by atoms with Crippen molar-refractivity contribution < 1.29 is 27.5 Å². The Hall–Kier alpha value is -2.37. The van der Waals surface area contributed by atoms with Gasteiger partial charge in [0.05, 0.1) is 19.6 Å². The first-order chi connectivity index (χ1) is 15.3. The molecule has 2 saturated heterocycles. The van der Waals surface area contributed by atoms with Crippen molar-refractivity contribution in [2.45, 2.75) is 26.3 Å². The molecule has 0 saturated carbocycles. The first kappa shape index (κ1) is 24.3. The van der Waals surface area contributed by atoms with Crippen LogP contribution in [0.3, 0.4) is 0 Å². The Morgan fingerprint density at radius 3 is 2.38 bits per heavy atom. The number of piperazine rings is 1. The third-order valence-corrected chi connectivity index (χ3v) is 7.80. The zero-order valence-electron chi connectivity index (χ0n) is 18.7. The maximum absolute atomic E-state index is 13.1. The number of nitrogens with zero attached hydrogens (tertiary/aromatic N) is 3. The number of methoxy groups -OCH3 is 1. The molecule has 0 radical (unpaired) electrons. The number of rotatable bonds is 7. The molecule has 2 fully saturated rings. The molecule has 1 N–H and O–H groups in total. The van der Waals surface area contributed by atoms with Crippen molar-refractivity contribution >= 4 is 22.2 Å². The van der Waals surface area contributed by atoms with Crippen molar-refractivity contribution in [1.29, 1.82) is 0 Å². The molecule has 1 aromatic carbocycles. The van der Waals surface area contributed by atoms with Crippen molar-refractivity contribution in [2.24, 2.45) is 5.92 Å². The maximum atomic E-state index is 13.1. The van der Waals surface area contributed by atoms with Crippen LogP contribution in [0.5, 0.6) is 5.75 Å². The highest BCUT2D eigenvalue weighted by atomic mass is 32.2. The van der Waals surface area contributed by atoms with Gasteiger partial charge in [-0.25, -0.2) is 4.79 Å². The number of nitrogens with one attached hydrogen (secondary N) is 1. The fourth-order valence-corrected chi connectivity index (χ4v) is 5.60. The number of piperidine rings is 1. The van der Waals surface area contributed by atoms with Gasteiger partial charge < -0.3 is 19.7 Å². The molecule has 10 nitrogen and oxygen atoms in total. The van der Waals surface area contributed by atoms with Crippen LogP contribution in [0.1, 0.15) is 25.3 Å². The molecule has 11 heteroatoms. The van der Waals surface area contributed by atoms with Gasteiger partial charge in [-0.2, -0.15) is 17.0 Å². The molecule has 0 aliphatic carbocycles. The van der Waals surface area contributed by atoms with Gasteiger partial charge in [-0.15, -0.1) is 0 Å². The van der Waals surface area contributed by atoms with Gasteiger partial charge in [0, 0.05) is 45.8 Å². The Morgan fingerprint density at radius 1 is 1.06 bits per heavy atom. The summed E-state index contributed by atoms with van der Waals surface area (Å²) in [5.74, 6) is 0.210. The van der Waals surface area contributed by atoms with E-state index in [1.807, 2.05) is 24.3 Å². The number of hydrogen-bond donors (Lipinski definition) is 1. The summed E-state index contributed by atoms with van der Waals surface area (Å²) in [5.41, 5.74) is 0.943. The van der Waals surface area contributed by atoms with Crippen LogP contribution in [-0.4, -0.2) is 86.9 Å². The molecule has 0 bridgehead atoms. The second kappa shape index (κ2) is 11.0. The second-order valence-electron chi connectivity index (χ2n) is 7.86. The van der Waals surface area contributed by atoms with Crippen molar-refractivity contribution in [1.82, 2.24) is 18.8 Å². The van der Waals surface area contributed by atoms with Crippen LogP contribution in [0.2, 0.25) is 0 Å². The van der Waals surface area contributed by atoms with Crippen molar-refractivity contribution in [3.8, 4) is 5.75 Å². The third kappa shape index (κ3) is 5.90. The number of carbonyl (C=O) groups excluding carboxylic acids is 2. The highest BCUT2D eigenvalue weighted by Gasteiger charge is 2.37. The van der Waals surface area contributed by atoms with Crippen LogP contribution in [0, 0.1) is 5.92 Å². The standard InChI is InChI=1S/C21H32N4O6S/c1-3-31-21(27)23-11-13-24(14-12-23)32(28,29)25-10-4-5-18(16-25)20(26)22-15-17-6-8-19(30-2)9-7-17/h6-9,18H,3-5,10-16H2,1-2H3,(H,22,26)/t18-/m1/s1. The Labute approximate surface area is 189 Å². The summed E-state index contributed by atoms with van der Waals surface area (Å²) in [5, 5.41) is 2.92. The summed E-state index contributed by atoms with van der Waals surface area (Å²) in [7, 11) is -2.10. The summed E-state index contributed by atoms with van der Waals surface area (Å²) < 4.78 is 39.2. The molecule has 3 rings (SSSR count). The van der Waals surface area contributed by atoms with E-state index in [1.165, 1.54) is 13.5 Å². The second-order valence-corrected chi connectivity index (χ2v) is 9.78. The molecule has 2 aliphatic heterocycles. The highest BCUT2D eigenvalue weighted by Crippen LogP contribution is 2.22. The van der Waals surface area contributed by atoms with Gasteiger partial charge in [0.2, 0.25) is 5.91 Å². The van der Waals surface area contributed by atoms with Crippen LogP contribution in [0.15, 0.2) is 24.3 Å². The molecule has 2 amide bonds.